The van der Waals surface area contributed by atoms with Crippen LogP contribution in [0.3, 0.4) is 0 Å². The number of fused-ring (bicyclic) bond motifs is 1. The molecule has 14 heavy (non-hydrogen) atoms. The molecule has 1 aliphatic heterocycles. The highest BCUT2D eigenvalue weighted by Gasteiger charge is 2.14. The van der Waals surface area contributed by atoms with Gasteiger partial charge in [0.05, 0.1) is 11.4 Å². The second kappa shape index (κ2) is 3.40. The fourth-order valence-corrected chi connectivity index (χ4v) is 1.83. The lowest BCUT2D eigenvalue weighted by molar-refractivity contribution is 0.101. The van der Waals surface area contributed by atoms with Crippen LogP contribution in [0.15, 0.2) is 6.07 Å². The fourth-order valence-electron chi connectivity index (χ4n) is 1.83. The summed E-state index contributed by atoms with van der Waals surface area (Å²) in [6, 6.07) is 1.93. The van der Waals surface area contributed by atoms with Gasteiger partial charge in [-0.2, -0.15) is 0 Å². The first kappa shape index (κ1) is 9.19. The van der Waals surface area contributed by atoms with Crippen molar-refractivity contribution in [2.45, 2.75) is 26.7 Å². The van der Waals surface area contributed by atoms with Gasteiger partial charge in [0.2, 0.25) is 0 Å². The van der Waals surface area contributed by atoms with Crippen molar-refractivity contribution in [2.75, 3.05) is 11.9 Å². The predicted octanol–water partition coefficient (Wildman–Crippen LogP) is 1.95. The molecule has 1 aromatic heterocycles. The molecule has 0 aliphatic carbocycles. The quantitative estimate of drug-likeness (QED) is 0.688. The number of hydrogen-bond acceptors (Lipinski definition) is 3. The van der Waals surface area contributed by atoms with E-state index in [-0.39, 0.29) is 5.78 Å². The van der Waals surface area contributed by atoms with Crippen LogP contribution in [0.25, 0.3) is 0 Å². The Morgan fingerprint density at radius 1 is 1.57 bits per heavy atom. The predicted molar refractivity (Wildman–Crippen MR) is 55.8 cm³/mol. The van der Waals surface area contributed by atoms with Crippen molar-refractivity contribution >= 4 is 11.5 Å². The molecule has 0 bridgehead atoms. The molecule has 2 heterocycles. The maximum absolute atomic E-state index is 11.3. The molecule has 0 aromatic carbocycles. The zero-order valence-corrected chi connectivity index (χ0v) is 8.55. The van der Waals surface area contributed by atoms with Crippen LogP contribution in [-0.4, -0.2) is 17.3 Å². The molecule has 0 saturated carbocycles. The zero-order chi connectivity index (χ0) is 10.1. The van der Waals surface area contributed by atoms with Crippen molar-refractivity contribution in [3.05, 3.63) is 23.0 Å². The van der Waals surface area contributed by atoms with Crippen LogP contribution < -0.4 is 5.32 Å². The Balaban J connectivity index is 2.50. The van der Waals surface area contributed by atoms with Crippen molar-refractivity contribution in [3.63, 3.8) is 0 Å². The summed E-state index contributed by atoms with van der Waals surface area (Å²) >= 11 is 0. The van der Waals surface area contributed by atoms with Gasteiger partial charge in [-0.25, -0.2) is 0 Å². The molecule has 1 aromatic rings. The Labute approximate surface area is 83.5 Å². The van der Waals surface area contributed by atoms with Gasteiger partial charge in [0.25, 0.3) is 0 Å². The van der Waals surface area contributed by atoms with E-state index in [2.05, 4.69) is 10.3 Å². The van der Waals surface area contributed by atoms with Gasteiger partial charge in [-0.05, 0) is 32.8 Å². The Bertz CT molecular complexity index is 385. The van der Waals surface area contributed by atoms with Gasteiger partial charge >= 0.3 is 0 Å². The van der Waals surface area contributed by atoms with Crippen molar-refractivity contribution in [2.24, 2.45) is 0 Å². The highest BCUT2D eigenvalue weighted by atomic mass is 16.1. The van der Waals surface area contributed by atoms with Gasteiger partial charge in [0.15, 0.2) is 5.78 Å². The Hall–Kier alpha value is -1.38. The first-order valence-corrected chi connectivity index (χ1v) is 4.94. The van der Waals surface area contributed by atoms with Gasteiger partial charge in [-0.3, -0.25) is 9.78 Å². The molecule has 3 nitrogen and oxygen atoms in total. The molecular weight excluding hydrogens is 176 g/mol. The van der Waals surface area contributed by atoms with Crippen LogP contribution in [0.4, 0.5) is 5.69 Å². The van der Waals surface area contributed by atoms with E-state index in [0.29, 0.717) is 0 Å². The number of aryl methyl sites for hydroxylation is 2. The van der Waals surface area contributed by atoms with Crippen LogP contribution in [0.2, 0.25) is 0 Å². The van der Waals surface area contributed by atoms with Crippen LogP contribution in [0, 0.1) is 6.92 Å². The SMILES string of the molecule is CC(=O)c1cc2c(nc1C)CCCN2. The lowest BCUT2D eigenvalue weighted by atomic mass is 10.0. The van der Waals surface area contributed by atoms with Crippen molar-refractivity contribution in [1.29, 1.82) is 0 Å². The van der Waals surface area contributed by atoms with E-state index in [0.717, 1.165) is 42.0 Å². The minimum atomic E-state index is 0.0881. The van der Waals surface area contributed by atoms with E-state index in [9.17, 15) is 4.79 Å². The molecule has 3 heteroatoms. The summed E-state index contributed by atoms with van der Waals surface area (Å²) in [5.41, 5.74) is 3.71. The number of ketones is 1. The Kier molecular flexibility index (Phi) is 2.23. The van der Waals surface area contributed by atoms with E-state index in [1.807, 2.05) is 13.0 Å². The number of rotatable bonds is 1. The Morgan fingerprint density at radius 2 is 2.36 bits per heavy atom. The van der Waals surface area contributed by atoms with Gasteiger partial charge in [-0.15, -0.1) is 0 Å². The molecule has 0 saturated heterocycles. The third kappa shape index (κ3) is 1.50. The molecule has 74 valence electrons. The summed E-state index contributed by atoms with van der Waals surface area (Å²) in [7, 11) is 0. The topological polar surface area (TPSA) is 42.0 Å². The standard InChI is InChI=1S/C11H14N2O/c1-7-9(8(2)14)6-11-10(13-7)4-3-5-12-11/h6,12H,3-5H2,1-2H3. The first-order chi connectivity index (χ1) is 6.68. The number of carbonyl (C=O) groups is 1. The maximum atomic E-state index is 11.3. The minimum Gasteiger partial charge on any atom is -0.384 e. The van der Waals surface area contributed by atoms with Crippen LogP contribution in [0.5, 0.6) is 0 Å². The Morgan fingerprint density at radius 3 is 3.07 bits per heavy atom. The lowest BCUT2D eigenvalue weighted by Crippen LogP contribution is -2.15. The van der Waals surface area contributed by atoms with E-state index < -0.39 is 0 Å². The largest absolute Gasteiger partial charge is 0.384 e. The molecule has 2 rings (SSSR count). The van der Waals surface area contributed by atoms with Crippen LogP contribution in [0.1, 0.15) is 35.1 Å². The molecule has 0 spiro atoms. The van der Waals surface area contributed by atoms with Crippen molar-refractivity contribution < 1.29 is 4.79 Å². The lowest BCUT2D eigenvalue weighted by Gasteiger charge is -2.18. The molecule has 0 fully saturated rings. The molecule has 0 amide bonds. The van der Waals surface area contributed by atoms with Gasteiger partial charge in [0.1, 0.15) is 0 Å². The van der Waals surface area contributed by atoms with Gasteiger partial charge < -0.3 is 5.32 Å². The monoisotopic (exact) mass is 190 g/mol. The molecule has 0 atom stereocenters. The number of nitrogens with zero attached hydrogens (tertiary/aromatic N) is 1. The normalized spacial score (nSPS) is 14.4. The van der Waals surface area contributed by atoms with Gasteiger partial charge in [0, 0.05) is 17.8 Å². The number of carbonyl (C=O) groups excluding carboxylic acids is 1. The van der Waals surface area contributed by atoms with Crippen LogP contribution >= 0.6 is 0 Å². The molecule has 1 N–H and O–H groups in total. The minimum absolute atomic E-state index is 0.0881. The second-order valence-electron chi connectivity index (χ2n) is 3.70. The maximum Gasteiger partial charge on any atom is 0.161 e. The molecule has 0 unspecified atom stereocenters. The summed E-state index contributed by atoms with van der Waals surface area (Å²) in [6.07, 6.45) is 2.14. The third-order valence-corrected chi connectivity index (χ3v) is 2.58. The highest BCUT2D eigenvalue weighted by molar-refractivity contribution is 5.96. The summed E-state index contributed by atoms with van der Waals surface area (Å²) in [5.74, 6) is 0.0881. The van der Waals surface area contributed by atoms with E-state index >= 15 is 0 Å². The van der Waals surface area contributed by atoms with E-state index in [1.165, 1.54) is 0 Å². The average molecular weight is 190 g/mol. The smallest absolute Gasteiger partial charge is 0.161 e. The molecular formula is C11H14N2O. The fraction of sp³-hybridized carbons (Fsp3) is 0.455. The van der Waals surface area contributed by atoms with Gasteiger partial charge in [-0.1, -0.05) is 0 Å². The number of Topliss-reactive ketones (excluding diaryl/α,β-unsaturated/α-hetero) is 1. The number of anilines is 1. The molecule has 1 aliphatic rings. The van der Waals surface area contributed by atoms with Crippen molar-refractivity contribution in [3.8, 4) is 0 Å². The summed E-state index contributed by atoms with van der Waals surface area (Å²) in [5, 5.41) is 3.27. The van der Waals surface area contributed by atoms with E-state index in [1.54, 1.807) is 6.92 Å². The third-order valence-electron chi connectivity index (χ3n) is 2.58. The molecule has 0 radical (unpaired) electrons. The second-order valence-corrected chi connectivity index (χ2v) is 3.70. The number of hydrogen-bond donors (Lipinski definition) is 1. The first-order valence-electron chi connectivity index (χ1n) is 4.94. The summed E-state index contributed by atoms with van der Waals surface area (Å²) < 4.78 is 0. The van der Waals surface area contributed by atoms with E-state index in [4.69, 9.17) is 0 Å². The summed E-state index contributed by atoms with van der Waals surface area (Å²) in [4.78, 5) is 15.7. The zero-order valence-electron chi connectivity index (χ0n) is 8.55. The number of nitrogens with one attached hydrogen (secondary N) is 1. The number of aromatic nitrogens is 1. The van der Waals surface area contributed by atoms with Crippen molar-refractivity contribution in [1.82, 2.24) is 4.98 Å². The highest BCUT2D eigenvalue weighted by Crippen LogP contribution is 2.22. The van der Waals surface area contributed by atoms with Crippen LogP contribution in [-0.2, 0) is 6.42 Å². The summed E-state index contributed by atoms with van der Waals surface area (Å²) in [6.45, 7) is 4.46. The average Bonchev–Trinajstić information content (AvgIpc) is 2.16. The number of pyridine rings is 1.